The second-order valence-corrected chi connectivity index (χ2v) is 4.03. The second kappa shape index (κ2) is 4.91. The van der Waals surface area contributed by atoms with Crippen LogP contribution in [0.5, 0.6) is 0 Å². The molecule has 0 unspecified atom stereocenters. The van der Waals surface area contributed by atoms with E-state index in [0.717, 1.165) is 17.0 Å². The summed E-state index contributed by atoms with van der Waals surface area (Å²) in [5, 5.41) is 0. The molecular weight excluding hydrogens is 263 g/mol. The van der Waals surface area contributed by atoms with Crippen LogP contribution in [0.15, 0.2) is 24.3 Å². The van der Waals surface area contributed by atoms with Gasteiger partial charge < -0.3 is 4.74 Å². The Morgan fingerprint density at radius 3 is 2.37 bits per heavy atom. The molecule has 0 radical (unpaired) electrons. The van der Waals surface area contributed by atoms with Crippen LogP contribution < -0.4 is 0 Å². The van der Waals surface area contributed by atoms with Crippen molar-refractivity contribution in [2.75, 3.05) is 13.2 Å². The van der Waals surface area contributed by atoms with E-state index in [1.165, 1.54) is 12.1 Å². The van der Waals surface area contributed by atoms with Crippen molar-refractivity contribution in [1.82, 2.24) is 4.90 Å². The summed E-state index contributed by atoms with van der Waals surface area (Å²) in [5.41, 5.74) is -0.359. The summed E-state index contributed by atoms with van der Waals surface area (Å²) < 4.78 is 41.6. The molecule has 0 aliphatic carbocycles. The van der Waals surface area contributed by atoms with Gasteiger partial charge in [0.15, 0.2) is 0 Å². The lowest BCUT2D eigenvalue weighted by Crippen LogP contribution is -2.32. The van der Waals surface area contributed by atoms with Crippen LogP contribution in [-0.4, -0.2) is 30.1 Å². The highest BCUT2D eigenvalue weighted by molar-refractivity contribution is 5.93. The Balaban J connectivity index is 2.04. The van der Waals surface area contributed by atoms with Crippen molar-refractivity contribution in [3.63, 3.8) is 0 Å². The summed E-state index contributed by atoms with van der Waals surface area (Å²) in [7, 11) is 0. The predicted octanol–water partition coefficient (Wildman–Crippen LogP) is 2.23. The molecule has 1 heterocycles. The highest BCUT2D eigenvalue weighted by Gasteiger charge is 2.31. The van der Waals surface area contributed by atoms with E-state index in [1.807, 2.05) is 0 Å². The third-order valence-corrected chi connectivity index (χ3v) is 2.70. The van der Waals surface area contributed by atoms with E-state index in [4.69, 9.17) is 0 Å². The number of hydrogen-bond acceptors (Lipinski definition) is 3. The lowest BCUT2D eigenvalue weighted by Gasteiger charge is -2.11. The van der Waals surface area contributed by atoms with Gasteiger partial charge in [-0.25, -0.2) is 9.69 Å². The molecule has 1 aromatic rings. The molecular formula is C12H10F3NO3. The minimum absolute atomic E-state index is 0.132. The zero-order valence-corrected chi connectivity index (χ0v) is 9.74. The first-order valence-electron chi connectivity index (χ1n) is 5.51. The molecule has 1 aliphatic rings. The predicted molar refractivity (Wildman–Crippen MR) is 58.2 cm³/mol. The van der Waals surface area contributed by atoms with Crippen LogP contribution in [-0.2, 0) is 22.1 Å². The summed E-state index contributed by atoms with van der Waals surface area (Å²) in [6, 6.07) is 4.26. The Bertz CT molecular complexity index is 496. The Morgan fingerprint density at radius 2 is 1.89 bits per heavy atom. The van der Waals surface area contributed by atoms with E-state index in [1.54, 1.807) is 0 Å². The fourth-order valence-electron chi connectivity index (χ4n) is 1.70. The number of amides is 2. The van der Waals surface area contributed by atoms with Crippen molar-refractivity contribution in [3.8, 4) is 0 Å². The molecule has 7 heteroatoms. The Kier molecular flexibility index (Phi) is 3.46. The lowest BCUT2D eigenvalue weighted by molar-refractivity contribution is -0.137. The zero-order chi connectivity index (χ0) is 14.0. The first-order valence-corrected chi connectivity index (χ1v) is 5.51. The Morgan fingerprint density at radius 1 is 1.26 bits per heavy atom. The quantitative estimate of drug-likeness (QED) is 0.830. The number of alkyl halides is 3. The molecule has 4 nitrogen and oxygen atoms in total. The van der Waals surface area contributed by atoms with Gasteiger partial charge in [-0.3, -0.25) is 4.79 Å². The van der Waals surface area contributed by atoms with Crippen molar-refractivity contribution in [2.45, 2.75) is 12.6 Å². The van der Waals surface area contributed by atoms with Crippen LogP contribution in [0, 0.1) is 0 Å². The number of hydrogen-bond donors (Lipinski definition) is 0. The fraction of sp³-hybridized carbons (Fsp3) is 0.333. The smallest absolute Gasteiger partial charge is 0.416 e. The van der Waals surface area contributed by atoms with E-state index in [0.29, 0.717) is 5.56 Å². The number of imide groups is 1. The number of benzene rings is 1. The monoisotopic (exact) mass is 273 g/mol. The summed E-state index contributed by atoms with van der Waals surface area (Å²) >= 11 is 0. The maximum atomic E-state index is 12.3. The van der Waals surface area contributed by atoms with Crippen LogP contribution in [0.3, 0.4) is 0 Å². The molecule has 0 aromatic heterocycles. The molecule has 1 saturated heterocycles. The van der Waals surface area contributed by atoms with Gasteiger partial charge in [0.1, 0.15) is 6.61 Å². The van der Waals surface area contributed by atoms with Crippen molar-refractivity contribution in [3.05, 3.63) is 35.4 Å². The Labute approximate surface area is 106 Å². The molecule has 0 saturated carbocycles. The molecule has 1 aliphatic heterocycles. The van der Waals surface area contributed by atoms with Crippen molar-refractivity contribution >= 4 is 12.0 Å². The fourth-order valence-corrected chi connectivity index (χ4v) is 1.70. The topological polar surface area (TPSA) is 46.6 Å². The molecule has 0 atom stereocenters. The van der Waals surface area contributed by atoms with Gasteiger partial charge in [-0.2, -0.15) is 13.2 Å². The third-order valence-electron chi connectivity index (χ3n) is 2.70. The second-order valence-electron chi connectivity index (χ2n) is 4.03. The third kappa shape index (κ3) is 3.04. The van der Waals surface area contributed by atoms with Crippen LogP contribution in [0.4, 0.5) is 18.0 Å². The van der Waals surface area contributed by atoms with Gasteiger partial charge >= 0.3 is 12.3 Å². The maximum absolute atomic E-state index is 12.3. The highest BCUT2D eigenvalue weighted by atomic mass is 19.4. The van der Waals surface area contributed by atoms with E-state index >= 15 is 0 Å². The van der Waals surface area contributed by atoms with E-state index in [2.05, 4.69) is 4.74 Å². The summed E-state index contributed by atoms with van der Waals surface area (Å²) in [6.07, 6.45) is -5.24. The molecule has 19 heavy (non-hydrogen) atoms. The number of halogens is 3. The first kappa shape index (κ1) is 13.4. The highest BCUT2D eigenvalue weighted by Crippen LogP contribution is 2.29. The lowest BCUT2D eigenvalue weighted by atomic mass is 10.1. The van der Waals surface area contributed by atoms with Crippen LogP contribution in [0.2, 0.25) is 0 Å². The average Bonchev–Trinajstić information content (AvgIpc) is 2.75. The minimum atomic E-state index is -4.40. The van der Waals surface area contributed by atoms with Gasteiger partial charge in [0.25, 0.3) is 0 Å². The molecule has 0 N–H and O–H groups in total. The normalized spacial score (nSPS) is 15.5. The molecule has 0 spiro atoms. The number of nitrogens with zero attached hydrogens (tertiary/aromatic N) is 1. The van der Waals surface area contributed by atoms with Gasteiger partial charge in [0, 0.05) is 0 Å². The molecule has 1 aromatic carbocycles. The average molecular weight is 273 g/mol. The van der Waals surface area contributed by atoms with E-state index in [9.17, 15) is 22.8 Å². The van der Waals surface area contributed by atoms with Crippen LogP contribution >= 0.6 is 0 Å². The van der Waals surface area contributed by atoms with Gasteiger partial charge in [0.2, 0.25) is 5.91 Å². The van der Waals surface area contributed by atoms with Crippen LogP contribution in [0.1, 0.15) is 11.1 Å². The summed E-state index contributed by atoms with van der Waals surface area (Å²) in [5.74, 6) is -0.484. The van der Waals surface area contributed by atoms with Crippen molar-refractivity contribution < 1.29 is 27.5 Å². The van der Waals surface area contributed by atoms with Crippen molar-refractivity contribution in [1.29, 1.82) is 0 Å². The number of ether oxygens (including phenoxy) is 1. The van der Waals surface area contributed by atoms with E-state index in [-0.39, 0.29) is 19.6 Å². The number of carbonyl (C=O) groups excluding carboxylic acids is 2. The van der Waals surface area contributed by atoms with Crippen LogP contribution in [0.25, 0.3) is 0 Å². The van der Waals surface area contributed by atoms with Gasteiger partial charge in [-0.1, -0.05) is 12.1 Å². The Hall–Kier alpha value is -2.05. The molecule has 2 amide bonds. The van der Waals surface area contributed by atoms with Crippen molar-refractivity contribution in [2.24, 2.45) is 0 Å². The standard InChI is InChI=1S/C12H10F3NO3/c13-12(14,15)9-3-1-8(2-4-9)7-10(17)16-5-6-19-11(16)18/h1-4H,5-7H2. The van der Waals surface area contributed by atoms with Gasteiger partial charge in [-0.05, 0) is 17.7 Å². The zero-order valence-electron chi connectivity index (χ0n) is 9.74. The van der Waals surface area contributed by atoms with Gasteiger partial charge in [0.05, 0.1) is 18.5 Å². The number of rotatable bonds is 2. The largest absolute Gasteiger partial charge is 0.447 e. The number of cyclic esters (lactones) is 1. The maximum Gasteiger partial charge on any atom is 0.416 e. The minimum Gasteiger partial charge on any atom is -0.447 e. The number of carbonyl (C=O) groups is 2. The molecule has 102 valence electrons. The molecule has 1 fully saturated rings. The molecule has 0 bridgehead atoms. The SMILES string of the molecule is O=C(Cc1ccc(C(F)(F)F)cc1)N1CCOC1=O. The van der Waals surface area contributed by atoms with E-state index < -0.39 is 23.7 Å². The first-order chi connectivity index (χ1) is 8.88. The molecule has 2 rings (SSSR count). The summed E-state index contributed by atoms with van der Waals surface area (Å²) in [6.45, 7) is 0.329. The summed E-state index contributed by atoms with van der Waals surface area (Å²) in [4.78, 5) is 23.8. The van der Waals surface area contributed by atoms with Gasteiger partial charge in [-0.15, -0.1) is 0 Å².